The number of nitrogens with one attached hydrogen (secondary N) is 2. The predicted octanol–water partition coefficient (Wildman–Crippen LogP) is 4.25. The summed E-state index contributed by atoms with van der Waals surface area (Å²) in [5, 5.41) is 6.32. The number of fused-ring (bicyclic) bond motifs is 1. The van der Waals surface area contributed by atoms with E-state index in [4.69, 9.17) is 9.47 Å². The highest BCUT2D eigenvalue weighted by atomic mass is 32.2. The summed E-state index contributed by atoms with van der Waals surface area (Å²) in [5.74, 6) is -1.23. The second-order valence-corrected chi connectivity index (χ2v) is 13.0. The van der Waals surface area contributed by atoms with Crippen LogP contribution < -0.4 is 10.6 Å². The van der Waals surface area contributed by atoms with Crippen molar-refractivity contribution >= 4 is 35.2 Å². The van der Waals surface area contributed by atoms with E-state index >= 15 is 0 Å². The monoisotopic (exact) mass is 569 g/mol. The van der Waals surface area contributed by atoms with Crippen LogP contribution in [0, 0.1) is 23.7 Å². The lowest BCUT2D eigenvalue weighted by Crippen LogP contribution is -2.58. The molecule has 3 fully saturated rings. The van der Waals surface area contributed by atoms with Crippen LogP contribution in [0.25, 0.3) is 0 Å². The zero-order chi connectivity index (χ0) is 28.6. The maximum Gasteiger partial charge on any atom is 0.246 e. The molecule has 3 amide bonds. The molecule has 2 saturated heterocycles. The van der Waals surface area contributed by atoms with E-state index in [1.165, 1.54) is 0 Å². The number of hydrogen-bond acceptors (Lipinski definition) is 6. The lowest BCUT2D eigenvalue weighted by atomic mass is 9.73. The SMILES string of the molecule is CSc1cccc(NC(=O)C2[C@@H]3C=CC4(O3)C(C(=O)NC3CCCC(C)C3C)N(CCCOC(C)C)C(=O)[C@H]24)c1. The van der Waals surface area contributed by atoms with Gasteiger partial charge in [-0.3, -0.25) is 14.4 Å². The Kier molecular flexibility index (Phi) is 8.64. The van der Waals surface area contributed by atoms with Crippen molar-refractivity contribution in [2.45, 2.75) is 88.2 Å². The fourth-order valence-corrected chi connectivity index (χ4v) is 7.50. The van der Waals surface area contributed by atoms with Crippen LogP contribution in [0.3, 0.4) is 0 Å². The predicted molar refractivity (Wildman–Crippen MR) is 156 cm³/mol. The molecule has 0 radical (unpaired) electrons. The third kappa shape index (κ3) is 5.32. The second kappa shape index (κ2) is 11.9. The van der Waals surface area contributed by atoms with Crippen molar-refractivity contribution < 1.29 is 23.9 Å². The Morgan fingerprint density at radius 2 is 2.02 bits per heavy atom. The van der Waals surface area contributed by atoms with Crippen molar-refractivity contribution in [1.29, 1.82) is 0 Å². The Labute approximate surface area is 242 Å². The van der Waals surface area contributed by atoms with E-state index < -0.39 is 29.6 Å². The van der Waals surface area contributed by atoms with Gasteiger partial charge >= 0.3 is 0 Å². The molecule has 6 unspecified atom stereocenters. The molecule has 1 spiro atoms. The Balaban J connectivity index is 1.40. The lowest BCUT2D eigenvalue weighted by Gasteiger charge is -2.38. The van der Waals surface area contributed by atoms with Crippen LogP contribution in [0.15, 0.2) is 41.3 Å². The van der Waals surface area contributed by atoms with Gasteiger partial charge in [-0.1, -0.05) is 44.9 Å². The second-order valence-electron chi connectivity index (χ2n) is 12.1. The number of hydrogen-bond donors (Lipinski definition) is 2. The first kappa shape index (κ1) is 29.1. The van der Waals surface area contributed by atoms with Gasteiger partial charge in [0.1, 0.15) is 11.6 Å². The first-order valence-corrected chi connectivity index (χ1v) is 15.9. The molecule has 2 bridgehead atoms. The van der Waals surface area contributed by atoms with E-state index in [9.17, 15) is 14.4 Å². The summed E-state index contributed by atoms with van der Waals surface area (Å²) >= 11 is 1.60. The number of nitrogens with zero attached hydrogens (tertiary/aromatic N) is 1. The van der Waals surface area contributed by atoms with Gasteiger partial charge in [-0.25, -0.2) is 0 Å². The van der Waals surface area contributed by atoms with Gasteiger partial charge in [-0.05, 0) is 63.0 Å². The van der Waals surface area contributed by atoms with Crippen molar-refractivity contribution in [3.63, 3.8) is 0 Å². The molecule has 8 nitrogen and oxygen atoms in total. The maximum absolute atomic E-state index is 14.1. The number of benzene rings is 1. The molecule has 3 heterocycles. The Bertz CT molecular complexity index is 1160. The maximum atomic E-state index is 14.1. The number of carbonyl (C=O) groups excluding carboxylic acids is 3. The van der Waals surface area contributed by atoms with Gasteiger partial charge in [0.15, 0.2) is 0 Å². The number of carbonyl (C=O) groups is 3. The minimum Gasteiger partial charge on any atom is -0.379 e. The van der Waals surface area contributed by atoms with Crippen molar-refractivity contribution in [1.82, 2.24) is 10.2 Å². The van der Waals surface area contributed by atoms with Gasteiger partial charge in [0.05, 0.1) is 24.0 Å². The molecule has 1 aromatic rings. The summed E-state index contributed by atoms with van der Waals surface area (Å²) in [6.45, 7) is 9.23. The summed E-state index contributed by atoms with van der Waals surface area (Å²) in [5.41, 5.74) is -0.474. The number of thioether (sulfide) groups is 1. The zero-order valence-corrected chi connectivity index (χ0v) is 25.0. The van der Waals surface area contributed by atoms with Crippen LogP contribution in [0.1, 0.15) is 53.4 Å². The Hall–Kier alpha value is -2.36. The average Bonchev–Trinajstić information content (AvgIpc) is 3.56. The molecule has 218 valence electrons. The van der Waals surface area contributed by atoms with E-state index in [0.717, 1.165) is 24.2 Å². The van der Waals surface area contributed by atoms with Gasteiger partial charge in [0.25, 0.3) is 0 Å². The molecule has 8 atom stereocenters. The summed E-state index contributed by atoms with van der Waals surface area (Å²) in [6.07, 6.45) is 9.01. The highest BCUT2D eigenvalue weighted by molar-refractivity contribution is 7.98. The van der Waals surface area contributed by atoms with Crippen molar-refractivity contribution in [3.05, 3.63) is 36.4 Å². The van der Waals surface area contributed by atoms with Gasteiger partial charge in [0, 0.05) is 29.8 Å². The number of ether oxygens (including phenoxy) is 2. The highest BCUT2D eigenvalue weighted by Gasteiger charge is 2.72. The average molecular weight is 570 g/mol. The molecule has 2 N–H and O–H groups in total. The van der Waals surface area contributed by atoms with Crippen LogP contribution in [-0.4, -0.2) is 71.9 Å². The first-order chi connectivity index (χ1) is 19.2. The molecule has 0 aromatic heterocycles. The van der Waals surface area contributed by atoms with Crippen LogP contribution in [0.2, 0.25) is 0 Å². The zero-order valence-electron chi connectivity index (χ0n) is 24.2. The molecular formula is C31H43N3O5S. The number of rotatable bonds is 10. The molecule has 1 aliphatic carbocycles. The fourth-order valence-electron chi connectivity index (χ4n) is 7.04. The van der Waals surface area contributed by atoms with Crippen LogP contribution in [0.5, 0.6) is 0 Å². The smallest absolute Gasteiger partial charge is 0.246 e. The van der Waals surface area contributed by atoms with Crippen molar-refractivity contribution in [3.8, 4) is 0 Å². The van der Waals surface area contributed by atoms with E-state index in [2.05, 4.69) is 24.5 Å². The summed E-state index contributed by atoms with van der Waals surface area (Å²) in [7, 11) is 0. The fraction of sp³-hybridized carbons (Fsp3) is 0.645. The molecule has 1 aromatic carbocycles. The normalized spacial score (nSPS) is 34.4. The molecule has 4 aliphatic rings. The Morgan fingerprint density at radius 1 is 1.23 bits per heavy atom. The number of likely N-dealkylation sites (tertiary alicyclic amines) is 1. The van der Waals surface area contributed by atoms with Gasteiger partial charge < -0.3 is 25.0 Å². The van der Waals surface area contributed by atoms with E-state index in [1.807, 2.05) is 56.5 Å². The van der Waals surface area contributed by atoms with Gasteiger partial charge in [0.2, 0.25) is 17.7 Å². The molecule has 3 aliphatic heterocycles. The van der Waals surface area contributed by atoms with Crippen LogP contribution in [0.4, 0.5) is 5.69 Å². The van der Waals surface area contributed by atoms with E-state index in [-0.39, 0.29) is 29.9 Å². The van der Waals surface area contributed by atoms with Gasteiger partial charge in [-0.15, -0.1) is 11.8 Å². The van der Waals surface area contributed by atoms with Crippen molar-refractivity contribution in [2.75, 3.05) is 24.7 Å². The number of anilines is 1. The largest absolute Gasteiger partial charge is 0.379 e. The highest BCUT2D eigenvalue weighted by Crippen LogP contribution is 2.55. The Morgan fingerprint density at radius 3 is 2.77 bits per heavy atom. The molecular weight excluding hydrogens is 526 g/mol. The molecule has 40 heavy (non-hydrogen) atoms. The summed E-state index contributed by atoms with van der Waals surface area (Å²) < 4.78 is 12.2. The van der Waals surface area contributed by atoms with Crippen LogP contribution >= 0.6 is 11.8 Å². The van der Waals surface area contributed by atoms with E-state index in [1.54, 1.807) is 16.7 Å². The van der Waals surface area contributed by atoms with E-state index in [0.29, 0.717) is 37.1 Å². The van der Waals surface area contributed by atoms with Gasteiger partial charge in [-0.2, -0.15) is 0 Å². The first-order valence-electron chi connectivity index (χ1n) is 14.7. The minimum absolute atomic E-state index is 0.0540. The topological polar surface area (TPSA) is 97.0 Å². The molecule has 1 saturated carbocycles. The lowest BCUT2D eigenvalue weighted by molar-refractivity contribution is -0.142. The third-order valence-corrected chi connectivity index (χ3v) is 10.0. The molecule has 9 heteroatoms. The third-order valence-electron chi connectivity index (χ3n) is 9.29. The van der Waals surface area contributed by atoms with Crippen molar-refractivity contribution in [2.24, 2.45) is 23.7 Å². The van der Waals surface area contributed by atoms with Crippen LogP contribution in [-0.2, 0) is 23.9 Å². The molecule has 5 rings (SSSR count). The summed E-state index contributed by atoms with van der Waals surface area (Å²) in [6, 6.07) is 6.87. The summed E-state index contributed by atoms with van der Waals surface area (Å²) in [4.78, 5) is 44.5. The standard InChI is InChI=1S/C31H43N3O5S/c1-18(2)38-16-8-15-34-27(29(36)33-23-12-6-9-19(3)20(23)4)31-14-13-24(39-31)25(26(31)30(34)37)28(35)32-21-10-7-11-22(17-21)40-5/h7,10-11,13-14,17-20,23-27H,6,8-9,12,15-16H2,1-5H3,(H,32,35)(H,33,36)/t19?,20?,23?,24-,25?,26-,27?,31?/m0/s1. The quantitative estimate of drug-likeness (QED) is 0.248. The number of amides is 3. The minimum atomic E-state index is -1.16.